The fourth-order valence-corrected chi connectivity index (χ4v) is 4.45. The van der Waals surface area contributed by atoms with Crippen molar-refractivity contribution in [1.82, 2.24) is 0 Å². The monoisotopic (exact) mass is 491 g/mol. The van der Waals surface area contributed by atoms with Crippen LogP contribution in [0.15, 0.2) is 84.9 Å². The molecule has 0 spiro atoms. The first-order valence-electron chi connectivity index (χ1n) is 10.6. The van der Waals surface area contributed by atoms with Crippen molar-refractivity contribution in [2.45, 2.75) is 0 Å². The SMILES string of the molecule is N#CC(C#N)=c1cc/c(=C/c2ccc(N(c3ccc(C(=O)O)cc3)c3ccc(C(=O)O)cc3)cc2)s1. The molecule has 0 aliphatic heterocycles. The van der Waals surface area contributed by atoms with Crippen LogP contribution in [0.3, 0.4) is 0 Å². The van der Waals surface area contributed by atoms with Crippen LogP contribution in [0.4, 0.5) is 17.1 Å². The van der Waals surface area contributed by atoms with E-state index in [0.717, 1.165) is 15.8 Å². The molecule has 0 unspecified atom stereocenters. The van der Waals surface area contributed by atoms with Gasteiger partial charge in [-0.05, 0) is 84.4 Å². The van der Waals surface area contributed by atoms with Crippen molar-refractivity contribution >= 4 is 52.0 Å². The summed E-state index contributed by atoms with van der Waals surface area (Å²) in [6, 6.07) is 27.9. The van der Waals surface area contributed by atoms with Gasteiger partial charge < -0.3 is 15.1 Å². The van der Waals surface area contributed by atoms with Crippen molar-refractivity contribution in [3.63, 3.8) is 0 Å². The summed E-state index contributed by atoms with van der Waals surface area (Å²) in [4.78, 5) is 24.5. The maximum atomic E-state index is 11.3. The van der Waals surface area contributed by atoms with Crippen molar-refractivity contribution in [2.24, 2.45) is 0 Å². The van der Waals surface area contributed by atoms with Crippen LogP contribution in [0.5, 0.6) is 0 Å². The minimum Gasteiger partial charge on any atom is -0.478 e. The molecular formula is C28H17N3O4S. The highest BCUT2D eigenvalue weighted by atomic mass is 32.1. The second-order valence-electron chi connectivity index (χ2n) is 7.58. The summed E-state index contributed by atoms with van der Waals surface area (Å²) in [6.07, 6.45) is 1.94. The second kappa shape index (κ2) is 10.4. The van der Waals surface area contributed by atoms with E-state index in [1.54, 1.807) is 30.3 Å². The van der Waals surface area contributed by atoms with Gasteiger partial charge in [-0.15, -0.1) is 11.3 Å². The normalized spacial score (nSPS) is 10.8. The second-order valence-corrected chi connectivity index (χ2v) is 8.69. The molecule has 0 fully saturated rings. The lowest BCUT2D eigenvalue weighted by molar-refractivity contribution is 0.0686. The van der Waals surface area contributed by atoms with Gasteiger partial charge in [0.1, 0.15) is 17.7 Å². The van der Waals surface area contributed by atoms with Gasteiger partial charge in [0.05, 0.1) is 15.7 Å². The van der Waals surface area contributed by atoms with Gasteiger partial charge in [0.15, 0.2) is 0 Å². The van der Waals surface area contributed by atoms with Gasteiger partial charge in [0, 0.05) is 21.6 Å². The summed E-state index contributed by atoms with van der Waals surface area (Å²) in [5.74, 6) is -2.05. The highest BCUT2D eigenvalue weighted by molar-refractivity contribution is 7.07. The zero-order valence-corrected chi connectivity index (χ0v) is 19.4. The molecule has 0 radical (unpaired) electrons. The highest BCUT2D eigenvalue weighted by Crippen LogP contribution is 2.34. The van der Waals surface area contributed by atoms with E-state index in [4.69, 9.17) is 10.5 Å². The number of aromatic carboxylic acids is 2. The Balaban J connectivity index is 1.74. The molecule has 0 saturated heterocycles. The Morgan fingerprint density at radius 2 is 1.14 bits per heavy atom. The summed E-state index contributed by atoms with van der Waals surface area (Å²) in [6.45, 7) is 0. The first-order chi connectivity index (χ1) is 17.4. The Morgan fingerprint density at radius 3 is 1.56 bits per heavy atom. The third kappa shape index (κ3) is 5.15. The zero-order valence-electron chi connectivity index (χ0n) is 18.6. The molecule has 174 valence electrons. The Morgan fingerprint density at radius 1 is 0.694 bits per heavy atom. The van der Waals surface area contributed by atoms with Crippen LogP contribution in [-0.2, 0) is 0 Å². The van der Waals surface area contributed by atoms with Crippen LogP contribution in [0.2, 0.25) is 0 Å². The Bertz CT molecular complexity index is 1570. The fourth-order valence-electron chi connectivity index (χ4n) is 3.54. The van der Waals surface area contributed by atoms with E-state index in [1.807, 2.05) is 53.4 Å². The van der Waals surface area contributed by atoms with Gasteiger partial charge in [0.25, 0.3) is 0 Å². The highest BCUT2D eigenvalue weighted by Gasteiger charge is 2.14. The lowest BCUT2D eigenvalue weighted by Crippen LogP contribution is -2.11. The molecule has 8 heteroatoms. The average molecular weight is 492 g/mol. The average Bonchev–Trinajstić information content (AvgIpc) is 3.34. The van der Waals surface area contributed by atoms with Crippen molar-refractivity contribution in [3.05, 3.63) is 111 Å². The summed E-state index contributed by atoms with van der Waals surface area (Å²) in [5.41, 5.74) is 3.51. The van der Waals surface area contributed by atoms with E-state index in [1.165, 1.54) is 35.6 Å². The topological polar surface area (TPSA) is 125 Å². The number of hydrogen-bond donors (Lipinski definition) is 2. The standard InChI is InChI=1S/C28H17N3O4S/c29-16-21(17-30)26-14-13-25(36-26)15-18-1-7-22(8-2-18)31(23-9-3-19(4-10-23)27(32)33)24-11-5-20(6-12-24)28(34)35/h1-15H,(H,32,33)(H,34,35)/b25-15-. The Labute approximate surface area is 210 Å². The maximum Gasteiger partial charge on any atom is 0.335 e. The Hall–Kier alpha value is -5.18. The molecule has 0 aliphatic carbocycles. The van der Waals surface area contributed by atoms with E-state index < -0.39 is 11.9 Å². The van der Waals surface area contributed by atoms with Gasteiger partial charge in [-0.25, -0.2) is 9.59 Å². The third-order valence-corrected chi connectivity index (χ3v) is 6.35. The molecule has 0 aliphatic rings. The first kappa shape index (κ1) is 24.0. The lowest BCUT2D eigenvalue weighted by atomic mass is 10.1. The van der Waals surface area contributed by atoms with Gasteiger partial charge in [-0.1, -0.05) is 12.1 Å². The molecule has 4 rings (SSSR count). The van der Waals surface area contributed by atoms with Crippen LogP contribution in [-0.4, -0.2) is 22.2 Å². The van der Waals surface area contributed by atoms with E-state index in [0.29, 0.717) is 15.9 Å². The smallest absolute Gasteiger partial charge is 0.335 e. The number of thiophene rings is 1. The number of nitrogens with zero attached hydrogens (tertiary/aromatic N) is 3. The van der Waals surface area contributed by atoms with Crippen molar-refractivity contribution < 1.29 is 19.8 Å². The number of nitriles is 2. The van der Waals surface area contributed by atoms with Gasteiger partial charge >= 0.3 is 11.9 Å². The molecule has 2 N–H and O–H groups in total. The third-order valence-electron chi connectivity index (χ3n) is 5.30. The molecular weight excluding hydrogens is 474 g/mol. The largest absolute Gasteiger partial charge is 0.478 e. The minimum absolute atomic E-state index is 0.0773. The molecule has 0 amide bonds. The van der Waals surface area contributed by atoms with Gasteiger partial charge in [-0.3, -0.25) is 0 Å². The molecule has 0 atom stereocenters. The van der Waals surface area contributed by atoms with Crippen LogP contribution in [0.1, 0.15) is 26.3 Å². The van der Waals surface area contributed by atoms with Gasteiger partial charge in [0.2, 0.25) is 0 Å². The fraction of sp³-hybridized carbons (Fsp3) is 0. The number of rotatable bonds is 6. The lowest BCUT2D eigenvalue weighted by Gasteiger charge is -2.25. The molecule has 7 nitrogen and oxygen atoms in total. The summed E-state index contributed by atoms with van der Waals surface area (Å²) >= 11 is 1.35. The Kier molecular flexibility index (Phi) is 6.92. The van der Waals surface area contributed by atoms with Crippen LogP contribution >= 0.6 is 11.3 Å². The number of carboxylic acid groups (broad SMARTS) is 2. The summed E-state index contributed by atoms with van der Waals surface area (Å²) < 4.78 is 1.51. The van der Waals surface area contributed by atoms with Crippen molar-refractivity contribution in [1.29, 1.82) is 10.5 Å². The van der Waals surface area contributed by atoms with E-state index in [9.17, 15) is 19.8 Å². The number of benzene rings is 3. The molecule has 4 aromatic rings. The minimum atomic E-state index is -1.02. The first-order valence-corrected chi connectivity index (χ1v) is 11.4. The zero-order chi connectivity index (χ0) is 25.7. The summed E-state index contributed by atoms with van der Waals surface area (Å²) in [5, 5.41) is 36.6. The molecule has 1 heterocycles. The number of carboxylic acids is 2. The number of anilines is 3. The quantitative estimate of drug-likeness (QED) is 0.402. The van der Waals surface area contributed by atoms with Gasteiger partial charge in [-0.2, -0.15) is 10.5 Å². The maximum absolute atomic E-state index is 11.3. The molecule has 36 heavy (non-hydrogen) atoms. The number of hydrogen-bond acceptors (Lipinski definition) is 6. The number of carbonyl (C=O) groups is 2. The van der Waals surface area contributed by atoms with Crippen molar-refractivity contribution in [2.75, 3.05) is 4.90 Å². The van der Waals surface area contributed by atoms with Crippen molar-refractivity contribution in [3.8, 4) is 12.1 Å². The summed E-state index contributed by atoms with van der Waals surface area (Å²) in [7, 11) is 0. The molecule has 0 bridgehead atoms. The van der Waals surface area contributed by atoms with E-state index in [2.05, 4.69) is 0 Å². The van der Waals surface area contributed by atoms with Crippen LogP contribution in [0.25, 0.3) is 11.6 Å². The van der Waals surface area contributed by atoms with Crippen LogP contribution in [0, 0.1) is 22.7 Å². The predicted molar refractivity (Wildman–Crippen MR) is 137 cm³/mol. The molecule has 1 aromatic heterocycles. The van der Waals surface area contributed by atoms with Crippen LogP contribution < -0.4 is 14.0 Å². The molecule has 0 saturated carbocycles. The van der Waals surface area contributed by atoms with E-state index >= 15 is 0 Å². The molecule has 3 aromatic carbocycles. The van der Waals surface area contributed by atoms with E-state index in [-0.39, 0.29) is 16.7 Å². The predicted octanol–water partition coefficient (Wildman–Crippen LogP) is 4.64.